The fourth-order valence-electron chi connectivity index (χ4n) is 1.37. The summed E-state index contributed by atoms with van der Waals surface area (Å²) in [7, 11) is 0. The Kier molecular flexibility index (Phi) is 3.81. The molecule has 5 heteroatoms. The van der Waals surface area contributed by atoms with E-state index in [1.165, 1.54) is 11.3 Å². The van der Waals surface area contributed by atoms with Crippen molar-refractivity contribution in [2.75, 3.05) is 0 Å². The highest BCUT2D eigenvalue weighted by Gasteiger charge is 2.07. The van der Waals surface area contributed by atoms with E-state index in [9.17, 15) is 4.79 Å². The number of hydrogen-bond acceptors (Lipinski definition) is 4. The first-order chi connectivity index (χ1) is 8.15. The van der Waals surface area contributed by atoms with Crippen LogP contribution in [-0.2, 0) is 5.75 Å². The zero-order valence-electron chi connectivity index (χ0n) is 9.21. The summed E-state index contributed by atoms with van der Waals surface area (Å²) in [6.45, 7) is 2.01. The third kappa shape index (κ3) is 3.31. The number of aromatic carboxylic acids is 1. The number of thiophene rings is 1. The van der Waals surface area contributed by atoms with Crippen LogP contribution in [-0.4, -0.2) is 16.1 Å². The molecule has 0 unspecified atom stereocenters. The van der Waals surface area contributed by atoms with Gasteiger partial charge < -0.3 is 5.11 Å². The second kappa shape index (κ2) is 5.33. The minimum absolute atomic E-state index is 0.384. The lowest BCUT2D eigenvalue weighted by molar-refractivity contribution is 0.0702. The van der Waals surface area contributed by atoms with Gasteiger partial charge >= 0.3 is 5.97 Å². The van der Waals surface area contributed by atoms with Crippen LogP contribution < -0.4 is 0 Å². The molecule has 0 saturated carbocycles. The Hall–Kier alpha value is -1.33. The molecule has 2 aromatic heterocycles. The standard InChI is InChI=1S/C12H11NO2S2/c1-8-2-9(5-13-4-8)6-16-10-3-11(12(14)15)17-7-10/h2-5,7H,6H2,1H3,(H,14,15). The SMILES string of the molecule is Cc1cncc(CSc2csc(C(=O)O)c2)c1. The number of nitrogens with zero attached hydrogens (tertiary/aromatic N) is 1. The van der Waals surface area contributed by atoms with Crippen LogP contribution in [0.15, 0.2) is 34.8 Å². The summed E-state index contributed by atoms with van der Waals surface area (Å²) in [5, 5.41) is 10.7. The summed E-state index contributed by atoms with van der Waals surface area (Å²) in [6.07, 6.45) is 3.66. The molecule has 0 bridgehead atoms. The van der Waals surface area contributed by atoms with Crippen molar-refractivity contribution in [2.24, 2.45) is 0 Å². The molecule has 2 heterocycles. The fraction of sp³-hybridized carbons (Fsp3) is 0.167. The molecule has 0 radical (unpaired) electrons. The lowest BCUT2D eigenvalue weighted by Crippen LogP contribution is -1.89. The monoisotopic (exact) mass is 265 g/mol. The lowest BCUT2D eigenvalue weighted by Gasteiger charge is -2.00. The van der Waals surface area contributed by atoms with Crippen LogP contribution in [0.25, 0.3) is 0 Å². The molecule has 0 spiro atoms. The van der Waals surface area contributed by atoms with E-state index in [0.29, 0.717) is 4.88 Å². The summed E-state index contributed by atoms with van der Waals surface area (Å²) in [5.74, 6) is -0.0520. The predicted molar refractivity (Wildman–Crippen MR) is 69.8 cm³/mol. The van der Waals surface area contributed by atoms with E-state index >= 15 is 0 Å². The first-order valence-electron chi connectivity index (χ1n) is 5.00. The third-order valence-corrected chi connectivity index (χ3v) is 4.24. The quantitative estimate of drug-likeness (QED) is 0.860. The molecule has 0 aliphatic rings. The maximum absolute atomic E-state index is 10.7. The molecule has 0 aromatic carbocycles. The number of thioether (sulfide) groups is 1. The number of carbonyl (C=O) groups is 1. The Bertz CT molecular complexity index is 537. The van der Waals surface area contributed by atoms with Gasteiger partial charge in [-0.15, -0.1) is 23.1 Å². The van der Waals surface area contributed by atoms with Gasteiger partial charge in [-0.3, -0.25) is 4.98 Å². The van der Waals surface area contributed by atoms with E-state index in [0.717, 1.165) is 21.8 Å². The van der Waals surface area contributed by atoms with E-state index in [1.54, 1.807) is 17.8 Å². The minimum atomic E-state index is -0.862. The highest BCUT2D eigenvalue weighted by Crippen LogP contribution is 2.27. The number of carboxylic acid groups (broad SMARTS) is 1. The normalized spacial score (nSPS) is 10.4. The molecule has 2 aromatic rings. The number of hydrogen-bond donors (Lipinski definition) is 1. The predicted octanol–water partition coefficient (Wildman–Crippen LogP) is 3.44. The molecule has 0 aliphatic carbocycles. The molecule has 0 fully saturated rings. The second-order valence-corrected chi connectivity index (χ2v) is 5.57. The maximum atomic E-state index is 10.7. The van der Waals surface area contributed by atoms with Crippen LogP contribution in [0.3, 0.4) is 0 Å². The third-order valence-electron chi connectivity index (χ3n) is 2.12. The summed E-state index contributed by atoms with van der Waals surface area (Å²) in [6, 6.07) is 3.80. The second-order valence-electron chi connectivity index (χ2n) is 3.61. The zero-order valence-corrected chi connectivity index (χ0v) is 10.8. The molecule has 1 N–H and O–H groups in total. The van der Waals surface area contributed by atoms with Crippen molar-refractivity contribution in [3.63, 3.8) is 0 Å². The highest BCUT2D eigenvalue weighted by molar-refractivity contribution is 7.98. The molecule has 88 valence electrons. The van der Waals surface area contributed by atoms with Gasteiger partial charge in [0.2, 0.25) is 0 Å². The number of carboxylic acids is 1. The van der Waals surface area contributed by atoms with Gasteiger partial charge in [0.05, 0.1) is 0 Å². The molecule has 0 aliphatic heterocycles. The van der Waals surface area contributed by atoms with Crippen molar-refractivity contribution in [3.05, 3.63) is 45.9 Å². The van der Waals surface area contributed by atoms with Gasteiger partial charge in [-0.25, -0.2) is 4.79 Å². The van der Waals surface area contributed by atoms with Crippen LogP contribution >= 0.6 is 23.1 Å². The molecule has 3 nitrogen and oxygen atoms in total. The summed E-state index contributed by atoms with van der Waals surface area (Å²) in [4.78, 5) is 16.2. The number of aromatic nitrogens is 1. The topological polar surface area (TPSA) is 50.2 Å². The van der Waals surface area contributed by atoms with Crippen molar-refractivity contribution in [1.82, 2.24) is 4.98 Å². The molecule has 0 amide bonds. The summed E-state index contributed by atoms with van der Waals surface area (Å²) in [5.41, 5.74) is 2.29. The van der Waals surface area contributed by atoms with Crippen molar-refractivity contribution in [1.29, 1.82) is 0 Å². The van der Waals surface area contributed by atoms with Crippen LogP contribution in [0.4, 0.5) is 0 Å². The van der Waals surface area contributed by atoms with Crippen molar-refractivity contribution >= 4 is 29.1 Å². The average molecular weight is 265 g/mol. The van der Waals surface area contributed by atoms with Crippen molar-refractivity contribution in [2.45, 2.75) is 17.6 Å². The van der Waals surface area contributed by atoms with Gasteiger partial charge in [-0.2, -0.15) is 0 Å². The maximum Gasteiger partial charge on any atom is 0.345 e. The Morgan fingerprint density at radius 3 is 2.94 bits per heavy atom. The fourth-order valence-corrected chi connectivity index (χ4v) is 3.16. The van der Waals surface area contributed by atoms with Crippen LogP contribution in [0, 0.1) is 6.92 Å². The van der Waals surface area contributed by atoms with Crippen molar-refractivity contribution in [3.8, 4) is 0 Å². The average Bonchev–Trinajstić information content (AvgIpc) is 2.75. The summed E-state index contributed by atoms with van der Waals surface area (Å²) >= 11 is 2.89. The Morgan fingerprint density at radius 1 is 1.47 bits per heavy atom. The van der Waals surface area contributed by atoms with Gasteiger partial charge in [0.25, 0.3) is 0 Å². The molecular weight excluding hydrogens is 254 g/mol. The van der Waals surface area contributed by atoms with Crippen LogP contribution in [0.1, 0.15) is 20.8 Å². The van der Waals surface area contributed by atoms with Gasteiger partial charge in [-0.1, -0.05) is 6.07 Å². The molecule has 0 atom stereocenters. The van der Waals surface area contributed by atoms with E-state index in [-0.39, 0.29) is 0 Å². The number of rotatable bonds is 4. The van der Waals surface area contributed by atoms with E-state index in [4.69, 9.17) is 5.11 Å². The Balaban J connectivity index is 2.00. The van der Waals surface area contributed by atoms with Crippen LogP contribution in [0.2, 0.25) is 0 Å². The summed E-state index contributed by atoms with van der Waals surface area (Å²) < 4.78 is 0. The highest BCUT2D eigenvalue weighted by atomic mass is 32.2. The molecule has 0 saturated heterocycles. The Morgan fingerprint density at radius 2 is 2.29 bits per heavy atom. The minimum Gasteiger partial charge on any atom is -0.477 e. The molecular formula is C12H11NO2S2. The van der Waals surface area contributed by atoms with Gasteiger partial charge in [0, 0.05) is 28.4 Å². The van der Waals surface area contributed by atoms with Gasteiger partial charge in [0.15, 0.2) is 0 Å². The van der Waals surface area contributed by atoms with E-state index < -0.39 is 5.97 Å². The largest absolute Gasteiger partial charge is 0.477 e. The zero-order chi connectivity index (χ0) is 12.3. The Labute approximate surface area is 108 Å². The van der Waals surface area contributed by atoms with Gasteiger partial charge in [-0.05, 0) is 24.1 Å². The smallest absolute Gasteiger partial charge is 0.345 e. The van der Waals surface area contributed by atoms with E-state index in [2.05, 4.69) is 11.1 Å². The lowest BCUT2D eigenvalue weighted by atomic mass is 10.2. The number of pyridine rings is 1. The van der Waals surface area contributed by atoms with Crippen LogP contribution in [0.5, 0.6) is 0 Å². The van der Waals surface area contributed by atoms with E-state index in [1.807, 2.05) is 24.7 Å². The molecule has 17 heavy (non-hydrogen) atoms. The van der Waals surface area contributed by atoms with Crippen molar-refractivity contribution < 1.29 is 9.90 Å². The number of aryl methyl sites for hydroxylation is 1. The molecule has 2 rings (SSSR count). The van der Waals surface area contributed by atoms with Gasteiger partial charge in [0.1, 0.15) is 4.88 Å². The first-order valence-corrected chi connectivity index (χ1v) is 6.87. The first kappa shape index (κ1) is 12.1.